The molecule has 0 amide bonds. The van der Waals surface area contributed by atoms with E-state index in [2.05, 4.69) is 48.5 Å². The highest BCUT2D eigenvalue weighted by atomic mass is 16.8. The predicted molar refractivity (Wildman–Crippen MR) is 218 cm³/mol. The van der Waals surface area contributed by atoms with E-state index in [9.17, 15) is 46.0 Å². The Morgan fingerprint density at radius 1 is 0.597 bits per heavy atom. The zero-order chi connectivity index (χ0) is 44.7. The SMILES string of the molecule is CC1(C)CCC23COC4(CCC5C6(C)CCC(OC7OCC(OC8OC(CO)C(O)C(O)C8OC8OCC(O)C(O)C8O)C(O)C7O)C(C)(C)C6CCC5(C)C4(C)CC2O)C3C1. The fourth-order valence-corrected chi connectivity index (χ4v) is 16.0. The van der Waals surface area contributed by atoms with Gasteiger partial charge in [0.2, 0.25) is 0 Å². The number of hydrogen-bond donors (Lipinski definition) is 9. The zero-order valence-corrected chi connectivity index (χ0v) is 37.7. The first-order valence-corrected chi connectivity index (χ1v) is 23.5. The first kappa shape index (κ1) is 46.5. The van der Waals surface area contributed by atoms with Crippen LogP contribution in [0.15, 0.2) is 0 Å². The largest absolute Gasteiger partial charge is 0.394 e. The quantitative estimate of drug-likeness (QED) is 0.163. The van der Waals surface area contributed by atoms with Crippen molar-refractivity contribution < 1.29 is 79.1 Å². The molecular weight excluding hydrogens is 808 g/mol. The number of hydrogen-bond acceptors (Lipinski definition) is 16. The van der Waals surface area contributed by atoms with Crippen LogP contribution in [0.4, 0.5) is 0 Å². The highest BCUT2D eigenvalue weighted by Gasteiger charge is 2.80. The number of ether oxygens (including phenoxy) is 7. The van der Waals surface area contributed by atoms with Crippen molar-refractivity contribution in [1.29, 1.82) is 0 Å². The average Bonchev–Trinajstić information content (AvgIpc) is 3.49. The molecule has 5 aliphatic carbocycles. The molecule has 1 spiro atoms. The zero-order valence-electron chi connectivity index (χ0n) is 37.7. The highest BCUT2D eigenvalue weighted by Crippen LogP contribution is 2.80. The standard InChI is InChI=1S/C46H76O16/c1-40(2)14-15-45-21-58-46(27(45)16-40)13-9-26-42(5)11-10-29(41(3,4)25(42)8-12-43(26,6)44(46,7)17-28(45)49)61-37-35(55)32(52)24(20-57-37)60-39-36(33(53)31(51)23(18-47)59-39)62-38-34(54)30(50)22(48)19-56-38/h22-39,47-55H,8-21H2,1-7H3. The first-order chi connectivity index (χ1) is 29.0. The molecule has 23 atom stereocenters. The van der Waals surface area contributed by atoms with Crippen molar-refractivity contribution in [2.75, 3.05) is 26.4 Å². The second kappa shape index (κ2) is 15.7. The van der Waals surface area contributed by atoms with Gasteiger partial charge in [0.15, 0.2) is 18.9 Å². The molecule has 9 N–H and O–H groups in total. The van der Waals surface area contributed by atoms with Gasteiger partial charge in [-0.1, -0.05) is 48.5 Å². The molecule has 0 aromatic heterocycles. The molecule has 4 heterocycles. The van der Waals surface area contributed by atoms with E-state index in [1.54, 1.807) is 0 Å². The van der Waals surface area contributed by atoms with Crippen LogP contribution < -0.4 is 0 Å². The van der Waals surface area contributed by atoms with Crippen LogP contribution in [0.5, 0.6) is 0 Å². The van der Waals surface area contributed by atoms with Crippen molar-refractivity contribution in [1.82, 2.24) is 0 Å². The lowest BCUT2D eigenvalue weighted by atomic mass is 9.30. The van der Waals surface area contributed by atoms with Gasteiger partial charge in [-0.2, -0.15) is 0 Å². The molecule has 0 radical (unpaired) electrons. The third-order valence-electron chi connectivity index (χ3n) is 19.7. The summed E-state index contributed by atoms with van der Waals surface area (Å²) < 4.78 is 42.9. The molecule has 0 aromatic rings. The van der Waals surface area contributed by atoms with Gasteiger partial charge >= 0.3 is 0 Å². The van der Waals surface area contributed by atoms with Gasteiger partial charge < -0.3 is 79.1 Å². The second-order valence-corrected chi connectivity index (χ2v) is 23.4. The smallest absolute Gasteiger partial charge is 0.187 e. The Balaban J connectivity index is 0.879. The summed E-state index contributed by atoms with van der Waals surface area (Å²) in [6.07, 6.45) is -10.5. The molecule has 16 heteroatoms. The Kier molecular flexibility index (Phi) is 11.8. The van der Waals surface area contributed by atoms with Crippen LogP contribution in [0.25, 0.3) is 0 Å². The van der Waals surface area contributed by atoms with E-state index >= 15 is 0 Å². The molecule has 9 fully saturated rings. The van der Waals surface area contributed by atoms with Gasteiger partial charge in [0.25, 0.3) is 0 Å². The Hall–Kier alpha value is -0.640. The van der Waals surface area contributed by atoms with Crippen molar-refractivity contribution in [3.05, 3.63) is 0 Å². The fourth-order valence-electron chi connectivity index (χ4n) is 16.0. The van der Waals surface area contributed by atoms with Gasteiger partial charge in [-0.05, 0) is 104 Å². The Bertz CT molecular complexity index is 1650. The van der Waals surface area contributed by atoms with Crippen molar-refractivity contribution in [3.8, 4) is 0 Å². The van der Waals surface area contributed by atoms with E-state index in [0.29, 0.717) is 24.4 Å². The molecule has 9 rings (SSSR count). The van der Waals surface area contributed by atoms with Crippen molar-refractivity contribution >= 4 is 0 Å². The van der Waals surface area contributed by atoms with Crippen molar-refractivity contribution in [2.24, 2.45) is 50.2 Å². The lowest BCUT2D eigenvalue weighted by molar-refractivity contribution is -0.378. The number of rotatable bonds is 7. The fraction of sp³-hybridized carbons (Fsp3) is 1.00. The maximum atomic E-state index is 12.2. The van der Waals surface area contributed by atoms with Crippen LogP contribution in [0.1, 0.15) is 113 Å². The molecule has 9 aliphatic rings. The summed E-state index contributed by atoms with van der Waals surface area (Å²) in [4.78, 5) is 0. The summed E-state index contributed by atoms with van der Waals surface area (Å²) in [5.41, 5.74) is -0.683. The molecule has 23 unspecified atom stereocenters. The molecule has 0 aromatic carbocycles. The molecule has 4 aliphatic heterocycles. The molecule has 356 valence electrons. The average molecular weight is 885 g/mol. The molecule has 62 heavy (non-hydrogen) atoms. The van der Waals surface area contributed by atoms with Crippen LogP contribution in [-0.2, 0) is 33.2 Å². The summed E-state index contributed by atoms with van der Waals surface area (Å²) in [5, 5.41) is 97.3. The van der Waals surface area contributed by atoms with E-state index in [-0.39, 0.29) is 63.5 Å². The van der Waals surface area contributed by atoms with Crippen molar-refractivity contribution in [2.45, 2.75) is 210 Å². The maximum absolute atomic E-state index is 12.2. The van der Waals surface area contributed by atoms with Gasteiger partial charge in [-0.3, -0.25) is 0 Å². The van der Waals surface area contributed by atoms with Crippen LogP contribution in [0, 0.1) is 50.2 Å². The maximum Gasteiger partial charge on any atom is 0.187 e. The lowest BCUT2D eigenvalue weighted by Gasteiger charge is -2.75. The van der Waals surface area contributed by atoms with Gasteiger partial charge in [-0.25, -0.2) is 0 Å². The normalized spacial score (nSPS) is 58.1. The van der Waals surface area contributed by atoms with E-state index in [1.165, 1.54) is 0 Å². The lowest BCUT2D eigenvalue weighted by Crippen LogP contribution is -2.74. The van der Waals surface area contributed by atoms with Gasteiger partial charge in [0.05, 0.1) is 44.2 Å². The Labute approximate surface area is 365 Å². The number of fused-ring (bicyclic) bond motifs is 4. The van der Waals surface area contributed by atoms with Gasteiger partial charge in [0, 0.05) is 10.8 Å². The topological polar surface area (TPSA) is 247 Å². The van der Waals surface area contributed by atoms with Crippen LogP contribution in [0.3, 0.4) is 0 Å². The van der Waals surface area contributed by atoms with Crippen LogP contribution in [0.2, 0.25) is 0 Å². The van der Waals surface area contributed by atoms with E-state index < -0.39 is 86.5 Å². The Morgan fingerprint density at radius 2 is 1.27 bits per heavy atom. The van der Waals surface area contributed by atoms with Crippen LogP contribution >= 0.6 is 0 Å². The Morgan fingerprint density at radius 3 is 2.00 bits per heavy atom. The summed E-state index contributed by atoms with van der Waals surface area (Å²) >= 11 is 0. The molecule has 4 saturated heterocycles. The van der Waals surface area contributed by atoms with Crippen LogP contribution in [-0.4, -0.2) is 170 Å². The minimum atomic E-state index is -1.74. The number of aliphatic hydroxyl groups excluding tert-OH is 9. The summed E-state index contributed by atoms with van der Waals surface area (Å²) in [6, 6.07) is 0. The van der Waals surface area contributed by atoms with Gasteiger partial charge in [-0.15, -0.1) is 0 Å². The monoisotopic (exact) mass is 885 g/mol. The van der Waals surface area contributed by atoms with E-state index in [1.807, 2.05) is 0 Å². The highest BCUT2D eigenvalue weighted by molar-refractivity contribution is 5.28. The minimum Gasteiger partial charge on any atom is -0.394 e. The van der Waals surface area contributed by atoms with E-state index in [4.69, 9.17) is 33.2 Å². The molecule has 16 nitrogen and oxygen atoms in total. The molecule has 5 saturated carbocycles. The van der Waals surface area contributed by atoms with Crippen molar-refractivity contribution in [3.63, 3.8) is 0 Å². The predicted octanol–water partition coefficient (Wildman–Crippen LogP) is 1.10. The third kappa shape index (κ3) is 6.57. The van der Waals surface area contributed by atoms with E-state index in [0.717, 1.165) is 64.2 Å². The summed E-state index contributed by atoms with van der Waals surface area (Å²) in [5.74, 6) is 1.08. The first-order valence-electron chi connectivity index (χ1n) is 23.5. The number of aliphatic hydroxyl groups is 9. The minimum absolute atomic E-state index is 0.00479. The summed E-state index contributed by atoms with van der Waals surface area (Å²) in [6.45, 7) is 16.1. The molecule has 2 bridgehead atoms. The third-order valence-corrected chi connectivity index (χ3v) is 19.7. The second-order valence-electron chi connectivity index (χ2n) is 23.4. The summed E-state index contributed by atoms with van der Waals surface area (Å²) in [7, 11) is 0. The molecular formula is C46H76O16. The van der Waals surface area contributed by atoms with Gasteiger partial charge in [0.1, 0.15) is 61.0 Å².